The molecule has 0 spiro atoms. The fourth-order valence-corrected chi connectivity index (χ4v) is 2.17. The van der Waals surface area contributed by atoms with Gasteiger partial charge < -0.3 is 10.4 Å². The van der Waals surface area contributed by atoms with Gasteiger partial charge in [0, 0.05) is 11.1 Å². The lowest BCUT2D eigenvalue weighted by molar-refractivity contribution is 0.0696. The van der Waals surface area contributed by atoms with E-state index in [4.69, 9.17) is 5.11 Å². The molecule has 0 saturated heterocycles. The normalized spacial score (nSPS) is 10.3. The van der Waals surface area contributed by atoms with Crippen molar-refractivity contribution in [3.63, 3.8) is 0 Å². The summed E-state index contributed by atoms with van der Waals surface area (Å²) in [5, 5.41) is 12.5. The Morgan fingerprint density at radius 3 is 2.89 bits per heavy atom. The minimum atomic E-state index is -1.14. The maximum absolute atomic E-state index is 13.6. The highest BCUT2D eigenvalue weighted by atomic mass is 32.1. The summed E-state index contributed by atoms with van der Waals surface area (Å²) in [6.07, 6.45) is 1.76. The summed E-state index contributed by atoms with van der Waals surface area (Å²) in [6.45, 7) is 2.37. The standard InChI is InChI=1S/C12H11FN2O2S/c1-7-5-15-11(18-7)6-14-10-3-2-8(12(16)17)4-9(10)13/h2-5,14H,6H2,1H3,(H,16,17). The Bertz CT molecular complexity index is 583. The van der Waals surface area contributed by atoms with Crippen LogP contribution in [0, 0.1) is 12.7 Å². The Balaban J connectivity index is 2.08. The fourth-order valence-electron chi connectivity index (χ4n) is 1.45. The second kappa shape index (κ2) is 5.14. The number of nitrogens with one attached hydrogen (secondary N) is 1. The number of carboxylic acids is 1. The maximum atomic E-state index is 13.6. The van der Waals surface area contributed by atoms with Crippen LogP contribution < -0.4 is 5.32 Å². The van der Waals surface area contributed by atoms with Gasteiger partial charge in [0.15, 0.2) is 0 Å². The van der Waals surface area contributed by atoms with E-state index >= 15 is 0 Å². The molecule has 0 bridgehead atoms. The SMILES string of the molecule is Cc1cnc(CNc2ccc(C(=O)O)cc2F)s1. The molecule has 0 amide bonds. The van der Waals surface area contributed by atoms with Crippen molar-refractivity contribution in [3.8, 4) is 0 Å². The summed E-state index contributed by atoms with van der Waals surface area (Å²) in [7, 11) is 0. The highest BCUT2D eigenvalue weighted by molar-refractivity contribution is 7.11. The van der Waals surface area contributed by atoms with Crippen molar-refractivity contribution in [1.82, 2.24) is 4.98 Å². The summed E-state index contributed by atoms with van der Waals surface area (Å²) >= 11 is 1.53. The van der Waals surface area contributed by atoms with Gasteiger partial charge in [-0.2, -0.15) is 0 Å². The van der Waals surface area contributed by atoms with Gasteiger partial charge in [-0.1, -0.05) is 0 Å². The molecule has 0 unspecified atom stereocenters. The van der Waals surface area contributed by atoms with Crippen LogP contribution in [0.2, 0.25) is 0 Å². The van der Waals surface area contributed by atoms with Crippen molar-refractivity contribution >= 4 is 23.0 Å². The van der Waals surface area contributed by atoms with Gasteiger partial charge in [0.2, 0.25) is 0 Å². The van der Waals surface area contributed by atoms with Gasteiger partial charge in [0.05, 0.1) is 17.8 Å². The first-order chi connectivity index (χ1) is 8.56. The topological polar surface area (TPSA) is 62.2 Å². The number of hydrogen-bond acceptors (Lipinski definition) is 4. The molecule has 0 atom stereocenters. The zero-order chi connectivity index (χ0) is 13.1. The Morgan fingerprint density at radius 2 is 2.33 bits per heavy atom. The molecule has 0 fully saturated rings. The highest BCUT2D eigenvalue weighted by Gasteiger charge is 2.08. The summed E-state index contributed by atoms with van der Waals surface area (Å²) in [6, 6.07) is 3.78. The van der Waals surface area contributed by atoms with E-state index in [-0.39, 0.29) is 11.3 Å². The number of anilines is 1. The van der Waals surface area contributed by atoms with E-state index in [1.807, 2.05) is 6.92 Å². The van der Waals surface area contributed by atoms with Crippen molar-refractivity contribution in [2.24, 2.45) is 0 Å². The fraction of sp³-hybridized carbons (Fsp3) is 0.167. The molecule has 18 heavy (non-hydrogen) atoms. The zero-order valence-electron chi connectivity index (χ0n) is 9.61. The van der Waals surface area contributed by atoms with Gasteiger partial charge in [0.25, 0.3) is 0 Å². The molecule has 0 saturated carbocycles. The van der Waals surface area contributed by atoms with Gasteiger partial charge >= 0.3 is 5.97 Å². The lowest BCUT2D eigenvalue weighted by Gasteiger charge is -2.06. The molecule has 1 heterocycles. The lowest BCUT2D eigenvalue weighted by atomic mass is 10.2. The van der Waals surface area contributed by atoms with E-state index in [2.05, 4.69) is 10.3 Å². The van der Waals surface area contributed by atoms with Crippen molar-refractivity contribution in [3.05, 3.63) is 45.7 Å². The van der Waals surface area contributed by atoms with Gasteiger partial charge in [-0.3, -0.25) is 0 Å². The van der Waals surface area contributed by atoms with E-state index in [1.54, 1.807) is 6.20 Å². The summed E-state index contributed by atoms with van der Waals surface area (Å²) < 4.78 is 13.6. The monoisotopic (exact) mass is 266 g/mol. The van der Waals surface area contributed by atoms with Gasteiger partial charge in [0.1, 0.15) is 10.8 Å². The van der Waals surface area contributed by atoms with Gasteiger partial charge in [-0.05, 0) is 25.1 Å². The van der Waals surface area contributed by atoms with Crippen molar-refractivity contribution < 1.29 is 14.3 Å². The predicted octanol–water partition coefficient (Wildman–Crippen LogP) is 2.90. The molecule has 0 aliphatic rings. The molecule has 1 aromatic carbocycles. The molecule has 2 rings (SSSR count). The molecule has 2 N–H and O–H groups in total. The van der Waals surface area contributed by atoms with Crippen LogP contribution in [0.4, 0.5) is 10.1 Å². The second-order valence-corrected chi connectivity index (χ2v) is 5.04. The Kier molecular flexibility index (Phi) is 3.57. The number of carboxylic acid groups (broad SMARTS) is 1. The average Bonchev–Trinajstić information content (AvgIpc) is 2.73. The molecular weight excluding hydrogens is 255 g/mol. The molecule has 1 aromatic heterocycles. The molecule has 0 radical (unpaired) electrons. The van der Waals surface area contributed by atoms with Crippen LogP contribution in [0.15, 0.2) is 24.4 Å². The summed E-state index contributed by atoms with van der Waals surface area (Å²) in [4.78, 5) is 15.9. The maximum Gasteiger partial charge on any atom is 0.335 e. The van der Waals surface area contributed by atoms with Gasteiger partial charge in [-0.25, -0.2) is 14.2 Å². The third kappa shape index (κ3) is 2.84. The van der Waals surface area contributed by atoms with Crippen molar-refractivity contribution in [2.75, 3.05) is 5.32 Å². The number of aromatic carboxylic acids is 1. The molecule has 0 aliphatic heterocycles. The zero-order valence-corrected chi connectivity index (χ0v) is 10.4. The average molecular weight is 266 g/mol. The number of benzene rings is 1. The number of hydrogen-bond donors (Lipinski definition) is 2. The van der Waals surface area contributed by atoms with Crippen molar-refractivity contribution in [2.45, 2.75) is 13.5 Å². The third-order valence-corrected chi connectivity index (χ3v) is 3.23. The van der Waals surface area contributed by atoms with E-state index in [0.717, 1.165) is 16.0 Å². The lowest BCUT2D eigenvalue weighted by Crippen LogP contribution is -2.03. The smallest absolute Gasteiger partial charge is 0.335 e. The molecule has 6 heteroatoms. The van der Waals surface area contributed by atoms with Gasteiger partial charge in [-0.15, -0.1) is 11.3 Å². The number of aryl methyl sites for hydroxylation is 1. The Hall–Kier alpha value is -1.95. The first kappa shape index (κ1) is 12.5. The van der Waals surface area contributed by atoms with Crippen LogP contribution in [-0.2, 0) is 6.54 Å². The molecule has 2 aromatic rings. The second-order valence-electron chi connectivity index (χ2n) is 3.72. The number of nitrogens with zero attached hydrogens (tertiary/aromatic N) is 1. The first-order valence-corrected chi connectivity index (χ1v) is 6.06. The van der Waals surface area contributed by atoms with Crippen LogP contribution in [0.3, 0.4) is 0 Å². The number of carbonyl (C=O) groups is 1. The first-order valence-electron chi connectivity index (χ1n) is 5.24. The van der Waals surface area contributed by atoms with E-state index < -0.39 is 11.8 Å². The number of rotatable bonds is 4. The quantitative estimate of drug-likeness (QED) is 0.893. The predicted molar refractivity (Wildman–Crippen MR) is 67.5 cm³/mol. The summed E-state index contributed by atoms with van der Waals surface area (Å²) in [5.41, 5.74) is 0.205. The number of halogens is 1. The van der Waals surface area contributed by atoms with Crippen LogP contribution in [0.5, 0.6) is 0 Å². The van der Waals surface area contributed by atoms with Crippen LogP contribution in [0.1, 0.15) is 20.2 Å². The number of thiazole rings is 1. The van der Waals surface area contributed by atoms with Crippen LogP contribution in [0.25, 0.3) is 0 Å². The third-order valence-electron chi connectivity index (χ3n) is 2.32. The van der Waals surface area contributed by atoms with E-state index in [9.17, 15) is 9.18 Å². The van der Waals surface area contributed by atoms with Crippen LogP contribution >= 0.6 is 11.3 Å². The molecule has 4 nitrogen and oxygen atoms in total. The summed E-state index contributed by atoms with van der Waals surface area (Å²) in [5.74, 6) is -1.72. The minimum Gasteiger partial charge on any atom is -0.478 e. The van der Waals surface area contributed by atoms with E-state index in [1.165, 1.54) is 23.5 Å². The minimum absolute atomic E-state index is 0.0665. The Labute approximate surface area is 107 Å². The molecule has 94 valence electrons. The van der Waals surface area contributed by atoms with E-state index in [0.29, 0.717) is 6.54 Å². The number of aromatic nitrogens is 1. The largest absolute Gasteiger partial charge is 0.478 e. The highest BCUT2D eigenvalue weighted by Crippen LogP contribution is 2.18. The molecule has 0 aliphatic carbocycles. The van der Waals surface area contributed by atoms with Crippen LogP contribution in [-0.4, -0.2) is 16.1 Å². The molecular formula is C12H11FN2O2S. The van der Waals surface area contributed by atoms with Crippen molar-refractivity contribution in [1.29, 1.82) is 0 Å². The Morgan fingerprint density at radius 1 is 1.56 bits per heavy atom.